The van der Waals surface area contributed by atoms with Crippen LogP contribution in [0.2, 0.25) is 0 Å². The lowest BCUT2D eigenvalue weighted by atomic mass is 10.1. The number of nitrogens with one attached hydrogen (secondary N) is 1. The Hall–Kier alpha value is -0.950. The van der Waals surface area contributed by atoms with Gasteiger partial charge in [-0.2, -0.15) is 0 Å². The van der Waals surface area contributed by atoms with E-state index in [1.807, 2.05) is 11.3 Å². The SMILES string of the molecule is CCc1ccc(CN2CCN(CC(=O)NC3CCOCC3)CC2)s1. The Labute approximate surface area is 149 Å². The van der Waals surface area contributed by atoms with Gasteiger partial charge < -0.3 is 10.1 Å². The Bertz CT molecular complexity index is 520. The van der Waals surface area contributed by atoms with E-state index in [0.717, 1.165) is 65.2 Å². The molecule has 2 aliphatic heterocycles. The van der Waals surface area contributed by atoms with E-state index < -0.39 is 0 Å². The Kier molecular flexibility index (Phi) is 6.66. The van der Waals surface area contributed by atoms with Crippen molar-refractivity contribution in [3.05, 3.63) is 21.9 Å². The lowest BCUT2D eigenvalue weighted by Gasteiger charge is -2.34. The van der Waals surface area contributed by atoms with Crippen LogP contribution >= 0.6 is 11.3 Å². The van der Waals surface area contributed by atoms with Gasteiger partial charge in [-0.3, -0.25) is 14.6 Å². The Morgan fingerprint density at radius 1 is 1.17 bits per heavy atom. The zero-order chi connectivity index (χ0) is 16.8. The lowest BCUT2D eigenvalue weighted by molar-refractivity contribution is -0.124. The third-order valence-corrected chi connectivity index (χ3v) is 6.08. The Balaban J connectivity index is 1.36. The van der Waals surface area contributed by atoms with Crippen molar-refractivity contribution >= 4 is 17.2 Å². The highest BCUT2D eigenvalue weighted by Gasteiger charge is 2.21. The summed E-state index contributed by atoms with van der Waals surface area (Å²) in [5.41, 5.74) is 0. The van der Waals surface area contributed by atoms with Crippen LogP contribution in [0.3, 0.4) is 0 Å². The molecule has 0 aromatic carbocycles. The van der Waals surface area contributed by atoms with E-state index in [4.69, 9.17) is 4.74 Å². The van der Waals surface area contributed by atoms with Crippen molar-refractivity contribution in [3.8, 4) is 0 Å². The van der Waals surface area contributed by atoms with Crippen LogP contribution in [0.1, 0.15) is 29.5 Å². The summed E-state index contributed by atoms with van der Waals surface area (Å²) in [7, 11) is 0. The summed E-state index contributed by atoms with van der Waals surface area (Å²) in [5, 5.41) is 3.15. The number of thiophene rings is 1. The first-order valence-corrected chi connectivity index (χ1v) is 9.94. The molecule has 3 rings (SSSR count). The maximum absolute atomic E-state index is 12.2. The molecule has 0 saturated carbocycles. The van der Waals surface area contributed by atoms with Crippen LogP contribution < -0.4 is 5.32 Å². The normalized spacial score (nSPS) is 21.0. The van der Waals surface area contributed by atoms with Crippen LogP contribution in [0, 0.1) is 0 Å². The largest absolute Gasteiger partial charge is 0.381 e. The smallest absolute Gasteiger partial charge is 0.234 e. The summed E-state index contributed by atoms with van der Waals surface area (Å²) < 4.78 is 5.33. The molecule has 0 bridgehead atoms. The minimum absolute atomic E-state index is 0.168. The van der Waals surface area contributed by atoms with Crippen LogP contribution in [-0.4, -0.2) is 67.7 Å². The number of hydrogen-bond acceptors (Lipinski definition) is 5. The van der Waals surface area contributed by atoms with Gasteiger partial charge in [-0.25, -0.2) is 0 Å². The number of carbonyl (C=O) groups is 1. The number of ether oxygens (including phenoxy) is 1. The summed E-state index contributed by atoms with van der Waals surface area (Å²) in [5.74, 6) is 0.168. The average molecular weight is 352 g/mol. The molecule has 1 aromatic rings. The van der Waals surface area contributed by atoms with Crippen molar-refractivity contribution in [2.75, 3.05) is 45.9 Å². The molecule has 0 radical (unpaired) electrons. The molecule has 1 aromatic heterocycles. The summed E-state index contributed by atoms with van der Waals surface area (Å²) in [6.45, 7) is 9.38. The molecular formula is C18H29N3O2S. The zero-order valence-electron chi connectivity index (χ0n) is 14.6. The molecule has 1 N–H and O–H groups in total. The van der Waals surface area contributed by atoms with Gasteiger partial charge in [0.2, 0.25) is 5.91 Å². The second kappa shape index (κ2) is 8.94. The van der Waals surface area contributed by atoms with Crippen molar-refractivity contribution in [2.45, 2.75) is 38.8 Å². The van der Waals surface area contributed by atoms with Crippen molar-refractivity contribution in [1.82, 2.24) is 15.1 Å². The van der Waals surface area contributed by atoms with Crippen molar-refractivity contribution in [1.29, 1.82) is 0 Å². The van der Waals surface area contributed by atoms with E-state index in [2.05, 4.69) is 34.2 Å². The predicted molar refractivity (Wildman–Crippen MR) is 97.4 cm³/mol. The quantitative estimate of drug-likeness (QED) is 0.848. The van der Waals surface area contributed by atoms with Gasteiger partial charge in [-0.15, -0.1) is 11.3 Å². The lowest BCUT2D eigenvalue weighted by Crippen LogP contribution is -2.50. The number of aryl methyl sites for hydroxylation is 1. The first-order valence-electron chi connectivity index (χ1n) is 9.12. The monoisotopic (exact) mass is 351 g/mol. The van der Waals surface area contributed by atoms with Crippen LogP contribution in [0.4, 0.5) is 0 Å². The molecule has 24 heavy (non-hydrogen) atoms. The number of hydrogen-bond donors (Lipinski definition) is 1. The highest BCUT2D eigenvalue weighted by atomic mass is 32.1. The van der Waals surface area contributed by atoms with Gasteiger partial charge in [0.1, 0.15) is 0 Å². The van der Waals surface area contributed by atoms with Gasteiger partial charge in [0.15, 0.2) is 0 Å². The first-order chi connectivity index (χ1) is 11.7. The first kappa shape index (κ1) is 17.9. The molecule has 0 spiro atoms. The number of nitrogens with zero attached hydrogens (tertiary/aromatic N) is 2. The van der Waals surface area contributed by atoms with E-state index in [-0.39, 0.29) is 5.91 Å². The zero-order valence-corrected chi connectivity index (χ0v) is 15.4. The minimum Gasteiger partial charge on any atom is -0.381 e. The second-order valence-electron chi connectivity index (χ2n) is 6.73. The van der Waals surface area contributed by atoms with E-state index in [1.165, 1.54) is 9.75 Å². The third kappa shape index (κ3) is 5.28. The number of rotatable bonds is 6. The molecular weight excluding hydrogens is 322 g/mol. The minimum atomic E-state index is 0.168. The standard InChI is InChI=1S/C18H29N3O2S/c1-2-16-3-4-17(24-16)13-20-7-9-21(10-8-20)14-18(22)19-15-5-11-23-12-6-15/h3-4,15H,2,5-14H2,1H3,(H,19,22). The van der Waals surface area contributed by atoms with Gasteiger partial charge in [0.25, 0.3) is 0 Å². The van der Waals surface area contributed by atoms with E-state index in [1.54, 1.807) is 0 Å². The summed E-state index contributed by atoms with van der Waals surface area (Å²) >= 11 is 1.93. The summed E-state index contributed by atoms with van der Waals surface area (Å²) in [4.78, 5) is 19.9. The maximum atomic E-state index is 12.2. The van der Waals surface area contributed by atoms with Gasteiger partial charge in [-0.05, 0) is 31.4 Å². The summed E-state index contributed by atoms with van der Waals surface area (Å²) in [6, 6.07) is 4.81. The van der Waals surface area contributed by atoms with Gasteiger partial charge in [0, 0.05) is 61.7 Å². The van der Waals surface area contributed by atoms with Gasteiger partial charge in [-0.1, -0.05) is 6.92 Å². The van der Waals surface area contributed by atoms with E-state index >= 15 is 0 Å². The third-order valence-electron chi connectivity index (χ3n) is 4.86. The second-order valence-corrected chi connectivity index (χ2v) is 7.98. The van der Waals surface area contributed by atoms with E-state index in [9.17, 15) is 4.79 Å². The Morgan fingerprint density at radius 3 is 2.50 bits per heavy atom. The highest BCUT2D eigenvalue weighted by Crippen LogP contribution is 2.19. The predicted octanol–water partition coefficient (Wildman–Crippen LogP) is 1.72. The molecule has 2 fully saturated rings. The number of carbonyl (C=O) groups excluding carboxylic acids is 1. The van der Waals surface area contributed by atoms with E-state index in [0.29, 0.717) is 12.6 Å². The Morgan fingerprint density at radius 2 is 1.83 bits per heavy atom. The van der Waals surface area contributed by atoms with Crippen molar-refractivity contribution < 1.29 is 9.53 Å². The number of amides is 1. The van der Waals surface area contributed by atoms with Gasteiger partial charge in [0.05, 0.1) is 6.54 Å². The molecule has 0 aliphatic carbocycles. The van der Waals surface area contributed by atoms with Crippen LogP contribution in [0.25, 0.3) is 0 Å². The molecule has 5 nitrogen and oxygen atoms in total. The highest BCUT2D eigenvalue weighted by molar-refractivity contribution is 7.11. The van der Waals surface area contributed by atoms with Crippen LogP contribution in [0.5, 0.6) is 0 Å². The molecule has 3 heterocycles. The fraction of sp³-hybridized carbons (Fsp3) is 0.722. The molecule has 0 unspecified atom stereocenters. The topological polar surface area (TPSA) is 44.8 Å². The summed E-state index contributed by atoms with van der Waals surface area (Å²) in [6.07, 6.45) is 3.01. The maximum Gasteiger partial charge on any atom is 0.234 e. The van der Waals surface area contributed by atoms with Crippen molar-refractivity contribution in [2.24, 2.45) is 0 Å². The fourth-order valence-corrected chi connectivity index (χ4v) is 4.34. The molecule has 1 amide bonds. The fourth-order valence-electron chi connectivity index (χ4n) is 3.34. The van der Waals surface area contributed by atoms with Crippen molar-refractivity contribution in [3.63, 3.8) is 0 Å². The van der Waals surface area contributed by atoms with Gasteiger partial charge >= 0.3 is 0 Å². The number of piperazine rings is 1. The van der Waals surface area contributed by atoms with Crippen LogP contribution in [0.15, 0.2) is 12.1 Å². The molecule has 6 heteroatoms. The van der Waals surface area contributed by atoms with Crippen LogP contribution in [-0.2, 0) is 22.5 Å². The molecule has 0 atom stereocenters. The molecule has 2 saturated heterocycles. The average Bonchev–Trinajstić information content (AvgIpc) is 3.05. The molecule has 134 valence electrons. The molecule has 2 aliphatic rings.